The van der Waals surface area contributed by atoms with Crippen LogP contribution in [0.3, 0.4) is 0 Å². The second-order valence-electron chi connectivity index (χ2n) is 6.93. The molecule has 0 radical (unpaired) electrons. The van der Waals surface area contributed by atoms with Crippen molar-refractivity contribution in [3.8, 4) is 5.75 Å². The topological polar surface area (TPSA) is 66.9 Å². The smallest absolute Gasteiger partial charge is 0.271 e. The van der Waals surface area contributed by atoms with Gasteiger partial charge in [-0.3, -0.25) is 9.36 Å². The summed E-state index contributed by atoms with van der Waals surface area (Å²) in [5.74, 6) is 0.159. The van der Waals surface area contributed by atoms with Crippen LogP contribution in [0, 0.1) is 0 Å². The highest BCUT2D eigenvalue weighted by Gasteiger charge is 2.28. The van der Waals surface area contributed by atoms with Crippen molar-refractivity contribution in [2.24, 2.45) is 10.2 Å². The van der Waals surface area contributed by atoms with Gasteiger partial charge in [0.2, 0.25) is 4.80 Å². The van der Waals surface area contributed by atoms with Crippen molar-refractivity contribution in [2.45, 2.75) is 6.04 Å². The minimum absolute atomic E-state index is 0.126. The molecule has 1 aliphatic rings. The summed E-state index contributed by atoms with van der Waals surface area (Å²) in [6.07, 6.45) is 1.78. The Bertz CT molecular complexity index is 1420. The molecule has 5 nitrogen and oxygen atoms in total. The summed E-state index contributed by atoms with van der Waals surface area (Å²) in [4.78, 5) is 14.0. The Labute approximate surface area is 176 Å². The van der Waals surface area contributed by atoms with E-state index in [1.54, 1.807) is 28.8 Å². The van der Waals surface area contributed by atoms with Crippen molar-refractivity contribution in [1.29, 1.82) is 0 Å². The van der Waals surface area contributed by atoms with E-state index in [4.69, 9.17) is 0 Å². The van der Waals surface area contributed by atoms with Crippen LogP contribution in [0.4, 0.5) is 0 Å². The maximum Gasteiger partial charge on any atom is 0.271 e. The van der Waals surface area contributed by atoms with Gasteiger partial charge in [-0.05, 0) is 29.3 Å². The number of phenolic OH excluding ortho intramolecular Hbond substituents is 1. The summed E-state index contributed by atoms with van der Waals surface area (Å²) in [6, 6.07) is 26.1. The van der Waals surface area contributed by atoms with E-state index in [1.165, 1.54) is 11.3 Å². The zero-order valence-electron chi connectivity index (χ0n) is 15.8. The van der Waals surface area contributed by atoms with Crippen LogP contribution in [-0.2, 0) is 0 Å². The first kappa shape index (κ1) is 18.3. The van der Waals surface area contributed by atoms with Crippen LogP contribution in [0.15, 0.2) is 99.9 Å². The molecule has 1 aromatic heterocycles. The summed E-state index contributed by atoms with van der Waals surface area (Å²) >= 11 is 1.30. The number of fused-ring (bicyclic) bond motifs is 1. The van der Waals surface area contributed by atoms with E-state index < -0.39 is 0 Å². The maximum atomic E-state index is 13.4. The lowest BCUT2D eigenvalue weighted by molar-refractivity contribution is 0.475. The quantitative estimate of drug-likeness (QED) is 0.563. The predicted molar refractivity (Wildman–Crippen MR) is 119 cm³/mol. The number of benzene rings is 3. The second kappa shape index (κ2) is 7.57. The molecule has 0 spiro atoms. The molecule has 0 saturated carbocycles. The van der Waals surface area contributed by atoms with Crippen LogP contribution in [0.5, 0.6) is 5.75 Å². The van der Waals surface area contributed by atoms with Crippen LogP contribution >= 0.6 is 11.3 Å². The average Bonchev–Trinajstić information content (AvgIpc) is 3.10. The lowest BCUT2D eigenvalue weighted by atomic mass is 9.96. The Morgan fingerprint density at radius 2 is 1.63 bits per heavy atom. The first-order valence-corrected chi connectivity index (χ1v) is 10.3. The third-order valence-electron chi connectivity index (χ3n) is 4.95. The summed E-state index contributed by atoms with van der Waals surface area (Å²) < 4.78 is 2.26. The van der Waals surface area contributed by atoms with Gasteiger partial charge < -0.3 is 5.11 Å². The molecule has 1 atom stereocenters. The first-order chi connectivity index (χ1) is 14.7. The summed E-state index contributed by atoms with van der Waals surface area (Å²) in [7, 11) is 0. The van der Waals surface area contributed by atoms with Crippen molar-refractivity contribution in [1.82, 2.24) is 4.57 Å². The van der Waals surface area contributed by atoms with Crippen molar-refractivity contribution >= 4 is 23.1 Å². The predicted octanol–water partition coefficient (Wildman–Crippen LogP) is 3.07. The fourth-order valence-corrected chi connectivity index (χ4v) is 4.54. The molecule has 0 amide bonds. The molecule has 2 heterocycles. The van der Waals surface area contributed by atoms with E-state index in [-0.39, 0.29) is 17.4 Å². The summed E-state index contributed by atoms with van der Waals surface area (Å²) in [6.45, 7) is 0. The van der Waals surface area contributed by atoms with E-state index in [0.29, 0.717) is 9.33 Å². The molecule has 6 heteroatoms. The van der Waals surface area contributed by atoms with Crippen molar-refractivity contribution in [3.63, 3.8) is 0 Å². The molecular formula is C24H17N3O2S. The highest BCUT2D eigenvalue weighted by Crippen LogP contribution is 2.24. The van der Waals surface area contributed by atoms with Gasteiger partial charge in [0.15, 0.2) is 0 Å². The SMILES string of the molecule is O=c1/c(=C\c2cccc(O)c2)sc2n1[C@@H](c1ccccc1)C(c1ccccc1)=NN=2. The fraction of sp³-hybridized carbons (Fsp3) is 0.0417. The molecule has 146 valence electrons. The van der Waals surface area contributed by atoms with E-state index in [9.17, 15) is 9.90 Å². The van der Waals surface area contributed by atoms with Gasteiger partial charge in [0.1, 0.15) is 11.8 Å². The number of rotatable bonds is 3. The van der Waals surface area contributed by atoms with Crippen molar-refractivity contribution in [2.75, 3.05) is 0 Å². The maximum absolute atomic E-state index is 13.4. The Morgan fingerprint density at radius 3 is 2.37 bits per heavy atom. The normalized spacial score (nSPS) is 15.9. The number of thiazole rings is 1. The van der Waals surface area contributed by atoms with Crippen LogP contribution < -0.4 is 14.9 Å². The second-order valence-corrected chi connectivity index (χ2v) is 7.94. The third-order valence-corrected chi connectivity index (χ3v) is 5.92. The molecule has 0 saturated heterocycles. The molecule has 1 aliphatic heterocycles. The molecule has 0 fully saturated rings. The number of aromatic hydroxyl groups is 1. The van der Waals surface area contributed by atoms with Gasteiger partial charge in [-0.1, -0.05) is 84.1 Å². The van der Waals surface area contributed by atoms with Gasteiger partial charge in [0, 0.05) is 5.56 Å². The van der Waals surface area contributed by atoms with Crippen LogP contribution in [0.25, 0.3) is 6.08 Å². The Hall–Kier alpha value is -3.77. The molecule has 5 rings (SSSR count). The molecule has 0 aliphatic carbocycles. The van der Waals surface area contributed by atoms with Crippen LogP contribution in [-0.4, -0.2) is 15.4 Å². The highest BCUT2D eigenvalue weighted by molar-refractivity contribution is 7.07. The van der Waals surface area contributed by atoms with E-state index in [2.05, 4.69) is 10.2 Å². The van der Waals surface area contributed by atoms with E-state index in [0.717, 1.165) is 22.4 Å². The minimum Gasteiger partial charge on any atom is -0.508 e. The molecule has 0 bridgehead atoms. The Balaban J connectivity index is 1.73. The number of hydrogen-bond acceptors (Lipinski definition) is 5. The summed E-state index contributed by atoms with van der Waals surface area (Å²) in [5, 5.41) is 18.6. The molecular weight excluding hydrogens is 394 g/mol. The lowest BCUT2D eigenvalue weighted by Crippen LogP contribution is -2.40. The lowest BCUT2D eigenvalue weighted by Gasteiger charge is -2.22. The first-order valence-electron chi connectivity index (χ1n) is 9.49. The van der Waals surface area contributed by atoms with E-state index in [1.807, 2.05) is 66.7 Å². The standard InChI is InChI=1S/C24H17N3O2S/c28-19-13-7-8-16(14-19)15-20-23(29)27-22(18-11-5-2-6-12-18)21(25-26-24(27)30-20)17-9-3-1-4-10-17/h1-15,22,28H/b20-15+/t22-/m0/s1. The number of phenols is 1. The van der Waals surface area contributed by atoms with Crippen LogP contribution in [0.2, 0.25) is 0 Å². The zero-order chi connectivity index (χ0) is 20.5. The van der Waals surface area contributed by atoms with Gasteiger partial charge in [-0.2, -0.15) is 0 Å². The monoisotopic (exact) mass is 411 g/mol. The number of aromatic nitrogens is 1. The van der Waals surface area contributed by atoms with E-state index >= 15 is 0 Å². The molecule has 1 N–H and O–H groups in total. The average molecular weight is 411 g/mol. The van der Waals surface area contributed by atoms with Gasteiger partial charge in [0.25, 0.3) is 5.56 Å². The largest absolute Gasteiger partial charge is 0.508 e. The minimum atomic E-state index is -0.365. The van der Waals surface area contributed by atoms with Gasteiger partial charge in [0.05, 0.1) is 10.2 Å². The number of hydrogen-bond donors (Lipinski definition) is 1. The van der Waals surface area contributed by atoms with Gasteiger partial charge in [-0.25, -0.2) is 0 Å². The molecule has 4 aromatic rings. The van der Waals surface area contributed by atoms with Crippen molar-refractivity contribution in [3.05, 3.63) is 121 Å². The van der Waals surface area contributed by atoms with Gasteiger partial charge >= 0.3 is 0 Å². The third kappa shape index (κ3) is 3.27. The van der Waals surface area contributed by atoms with Gasteiger partial charge in [-0.15, -0.1) is 10.2 Å². The Kier molecular flexibility index (Phi) is 4.61. The Morgan fingerprint density at radius 1 is 0.900 bits per heavy atom. The zero-order valence-corrected chi connectivity index (χ0v) is 16.7. The van der Waals surface area contributed by atoms with Crippen LogP contribution in [0.1, 0.15) is 22.7 Å². The molecule has 3 aromatic carbocycles. The number of nitrogens with zero attached hydrogens (tertiary/aromatic N) is 3. The summed E-state index contributed by atoms with van der Waals surface area (Å²) in [5.41, 5.74) is 3.27. The molecule has 30 heavy (non-hydrogen) atoms. The highest BCUT2D eigenvalue weighted by atomic mass is 32.1. The molecule has 0 unspecified atom stereocenters. The van der Waals surface area contributed by atoms with Crippen molar-refractivity contribution < 1.29 is 5.11 Å². The fourth-order valence-electron chi connectivity index (χ4n) is 3.59.